The summed E-state index contributed by atoms with van der Waals surface area (Å²) in [6, 6.07) is 9.63. The molecule has 5 nitrogen and oxygen atoms in total. The maximum atomic E-state index is 12.1. The Morgan fingerprint density at radius 3 is 2.50 bits per heavy atom. The lowest BCUT2D eigenvalue weighted by atomic mass is 10.0. The number of ether oxygens (including phenoxy) is 1. The minimum atomic E-state index is -1.00. The first-order chi connectivity index (χ1) is 9.61. The molecule has 1 unspecified atom stereocenters. The summed E-state index contributed by atoms with van der Waals surface area (Å²) in [5.41, 5.74) is 1.04. The van der Waals surface area contributed by atoms with Gasteiger partial charge in [0.05, 0.1) is 6.04 Å². The normalized spacial score (nSPS) is 23.2. The van der Waals surface area contributed by atoms with Crippen LogP contribution in [-0.4, -0.2) is 29.2 Å². The summed E-state index contributed by atoms with van der Waals surface area (Å²) in [4.78, 5) is 22.9. The average molecular weight is 277 g/mol. The molecule has 108 valence electrons. The Kier molecular flexibility index (Phi) is 4.74. The smallest absolute Gasteiger partial charge is 0.332 e. The van der Waals surface area contributed by atoms with E-state index in [1.54, 1.807) is 0 Å². The molecule has 0 radical (unpaired) electrons. The largest absolute Gasteiger partial charge is 0.479 e. The zero-order valence-corrected chi connectivity index (χ0v) is 11.4. The third-order valence-electron chi connectivity index (χ3n) is 3.51. The van der Waals surface area contributed by atoms with E-state index in [9.17, 15) is 9.59 Å². The molecule has 1 fully saturated rings. The second-order valence-electron chi connectivity index (χ2n) is 4.91. The highest BCUT2D eigenvalue weighted by atomic mass is 16.5. The van der Waals surface area contributed by atoms with Crippen LogP contribution in [0, 0.1) is 0 Å². The lowest BCUT2D eigenvalue weighted by Gasteiger charge is -2.20. The van der Waals surface area contributed by atoms with Crippen molar-refractivity contribution in [2.24, 2.45) is 0 Å². The molecule has 1 aliphatic heterocycles. The number of rotatable bonds is 5. The van der Waals surface area contributed by atoms with Gasteiger partial charge in [0.2, 0.25) is 5.91 Å². The predicted molar refractivity (Wildman–Crippen MR) is 73.1 cm³/mol. The monoisotopic (exact) mass is 277 g/mol. The van der Waals surface area contributed by atoms with Gasteiger partial charge in [-0.1, -0.05) is 37.3 Å². The molecular formula is C15H19NO4. The summed E-state index contributed by atoms with van der Waals surface area (Å²) >= 11 is 0. The number of hydrogen-bond donors (Lipinski definition) is 2. The van der Waals surface area contributed by atoms with E-state index < -0.39 is 18.2 Å². The van der Waals surface area contributed by atoms with Crippen molar-refractivity contribution in [3.05, 3.63) is 35.9 Å². The third-order valence-corrected chi connectivity index (χ3v) is 3.51. The van der Waals surface area contributed by atoms with Gasteiger partial charge in [-0.2, -0.15) is 0 Å². The molecule has 0 aliphatic carbocycles. The van der Waals surface area contributed by atoms with Crippen LogP contribution < -0.4 is 5.32 Å². The Bertz CT molecular complexity index is 474. The first kappa shape index (κ1) is 14.5. The molecule has 20 heavy (non-hydrogen) atoms. The second kappa shape index (κ2) is 6.52. The molecule has 0 bridgehead atoms. The van der Waals surface area contributed by atoms with Gasteiger partial charge in [0, 0.05) is 0 Å². The van der Waals surface area contributed by atoms with Crippen molar-refractivity contribution in [1.82, 2.24) is 5.32 Å². The van der Waals surface area contributed by atoms with Crippen LogP contribution >= 0.6 is 0 Å². The summed E-state index contributed by atoms with van der Waals surface area (Å²) in [6.07, 6.45) is 0.0884. The Hall–Kier alpha value is -1.88. The second-order valence-corrected chi connectivity index (χ2v) is 4.91. The summed E-state index contributed by atoms with van der Waals surface area (Å²) in [7, 11) is 0. The molecule has 1 aromatic rings. The quantitative estimate of drug-likeness (QED) is 0.861. The van der Waals surface area contributed by atoms with Gasteiger partial charge in [0.25, 0.3) is 0 Å². The third kappa shape index (κ3) is 3.36. The molecule has 1 aromatic carbocycles. The van der Waals surface area contributed by atoms with Crippen molar-refractivity contribution in [3.8, 4) is 0 Å². The fourth-order valence-corrected chi connectivity index (χ4v) is 2.38. The molecule has 1 aliphatic rings. The van der Waals surface area contributed by atoms with Gasteiger partial charge < -0.3 is 15.2 Å². The number of carboxylic acid groups (broad SMARTS) is 1. The van der Waals surface area contributed by atoms with E-state index in [0.717, 1.165) is 12.0 Å². The average Bonchev–Trinajstić information content (AvgIpc) is 2.95. The Morgan fingerprint density at radius 1 is 1.30 bits per heavy atom. The highest BCUT2D eigenvalue weighted by molar-refractivity contribution is 5.83. The summed E-state index contributed by atoms with van der Waals surface area (Å²) < 4.78 is 5.25. The van der Waals surface area contributed by atoms with Gasteiger partial charge in [-0.15, -0.1) is 0 Å². The zero-order chi connectivity index (χ0) is 14.5. The van der Waals surface area contributed by atoms with Gasteiger partial charge >= 0.3 is 5.97 Å². The predicted octanol–water partition coefficient (Wildman–Crippen LogP) is 1.89. The number of benzene rings is 1. The van der Waals surface area contributed by atoms with Crippen molar-refractivity contribution in [3.63, 3.8) is 0 Å². The number of hydrogen-bond acceptors (Lipinski definition) is 3. The van der Waals surface area contributed by atoms with Gasteiger partial charge in [0.15, 0.2) is 6.10 Å². The molecule has 5 heteroatoms. The molecule has 2 N–H and O–H groups in total. The van der Waals surface area contributed by atoms with Crippen molar-refractivity contribution in [2.45, 2.75) is 44.4 Å². The molecule has 3 atom stereocenters. The van der Waals surface area contributed by atoms with Gasteiger partial charge in [-0.3, -0.25) is 4.79 Å². The number of carbonyl (C=O) groups is 2. The summed E-state index contributed by atoms with van der Waals surface area (Å²) in [5.74, 6) is -1.24. The van der Waals surface area contributed by atoms with Crippen LogP contribution in [0.3, 0.4) is 0 Å². The van der Waals surface area contributed by atoms with E-state index in [1.165, 1.54) is 0 Å². The summed E-state index contributed by atoms with van der Waals surface area (Å²) in [5, 5.41) is 11.8. The minimum absolute atomic E-state index is 0.0730. The summed E-state index contributed by atoms with van der Waals surface area (Å²) in [6.45, 7) is 1.99. The van der Waals surface area contributed by atoms with Crippen LogP contribution in [0.5, 0.6) is 0 Å². The van der Waals surface area contributed by atoms with E-state index in [0.29, 0.717) is 12.8 Å². The van der Waals surface area contributed by atoms with Crippen LogP contribution in [-0.2, 0) is 14.3 Å². The number of amides is 1. The fraction of sp³-hybridized carbons (Fsp3) is 0.467. The Balaban J connectivity index is 1.95. The maximum Gasteiger partial charge on any atom is 0.332 e. The molecule has 2 rings (SSSR count). The van der Waals surface area contributed by atoms with E-state index in [2.05, 4.69) is 5.32 Å². The molecule has 1 heterocycles. The Labute approximate surface area is 117 Å². The lowest BCUT2D eigenvalue weighted by molar-refractivity contribution is -0.151. The van der Waals surface area contributed by atoms with E-state index in [-0.39, 0.29) is 11.9 Å². The Morgan fingerprint density at radius 2 is 1.95 bits per heavy atom. The minimum Gasteiger partial charge on any atom is -0.479 e. The molecule has 1 amide bonds. The number of nitrogens with one attached hydrogen (secondary N) is 1. The van der Waals surface area contributed by atoms with Crippen molar-refractivity contribution in [2.75, 3.05) is 0 Å². The highest BCUT2D eigenvalue weighted by Crippen LogP contribution is 2.22. The van der Waals surface area contributed by atoms with Crippen LogP contribution in [0.2, 0.25) is 0 Å². The van der Waals surface area contributed by atoms with Gasteiger partial charge in [-0.05, 0) is 24.8 Å². The fourth-order valence-electron chi connectivity index (χ4n) is 2.38. The van der Waals surface area contributed by atoms with Gasteiger partial charge in [-0.25, -0.2) is 4.79 Å². The standard InChI is InChI=1S/C15H19NO4/c1-2-11(10-6-4-3-5-7-10)16-14(17)12-8-9-13(20-12)15(18)19/h3-7,11-13H,2,8-9H2,1H3,(H,16,17)(H,18,19)/t11?,12-,13+/m0/s1. The molecule has 0 saturated carbocycles. The molecule has 0 aromatic heterocycles. The maximum absolute atomic E-state index is 12.1. The van der Waals surface area contributed by atoms with Crippen LogP contribution in [0.1, 0.15) is 37.8 Å². The van der Waals surface area contributed by atoms with Crippen molar-refractivity contribution < 1.29 is 19.4 Å². The van der Waals surface area contributed by atoms with Crippen molar-refractivity contribution in [1.29, 1.82) is 0 Å². The highest BCUT2D eigenvalue weighted by Gasteiger charge is 2.35. The lowest BCUT2D eigenvalue weighted by Crippen LogP contribution is -2.37. The van der Waals surface area contributed by atoms with E-state index in [1.807, 2.05) is 37.3 Å². The van der Waals surface area contributed by atoms with Crippen LogP contribution in [0.4, 0.5) is 0 Å². The van der Waals surface area contributed by atoms with Gasteiger partial charge in [0.1, 0.15) is 6.10 Å². The molecular weight excluding hydrogens is 258 g/mol. The molecule has 1 saturated heterocycles. The first-order valence-electron chi connectivity index (χ1n) is 6.85. The molecule has 0 spiro atoms. The number of carboxylic acids is 1. The van der Waals surface area contributed by atoms with E-state index >= 15 is 0 Å². The van der Waals surface area contributed by atoms with Crippen LogP contribution in [0.15, 0.2) is 30.3 Å². The topological polar surface area (TPSA) is 75.6 Å². The first-order valence-corrected chi connectivity index (χ1v) is 6.85. The zero-order valence-electron chi connectivity index (χ0n) is 11.4. The SMILES string of the molecule is CCC(NC(=O)[C@@H]1CC[C@H](C(=O)O)O1)c1ccccc1. The number of carbonyl (C=O) groups excluding carboxylic acids is 1. The van der Waals surface area contributed by atoms with Crippen LogP contribution in [0.25, 0.3) is 0 Å². The van der Waals surface area contributed by atoms with Crippen molar-refractivity contribution >= 4 is 11.9 Å². The number of aliphatic carboxylic acids is 1. The van der Waals surface area contributed by atoms with E-state index in [4.69, 9.17) is 9.84 Å².